The molecule has 17 heavy (non-hydrogen) atoms. The second kappa shape index (κ2) is 4.74. The number of rotatable bonds is 3. The summed E-state index contributed by atoms with van der Waals surface area (Å²) in [5, 5.41) is 3.68. The smallest absolute Gasteiger partial charge is 0.411 e. The lowest BCUT2D eigenvalue weighted by atomic mass is 10.2. The van der Waals surface area contributed by atoms with Crippen LogP contribution >= 0.6 is 0 Å². The Kier molecular flexibility index (Phi) is 3.14. The van der Waals surface area contributed by atoms with Crippen molar-refractivity contribution in [1.82, 2.24) is 4.98 Å². The van der Waals surface area contributed by atoms with E-state index in [4.69, 9.17) is 4.74 Å². The number of aromatic amines is 1. The Morgan fingerprint density at radius 3 is 3.18 bits per heavy atom. The van der Waals surface area contributed by atoms with Crippen LogP contribution in [-0.2, 0) is 4.74 Å². The minimum atomic E-state index is -0.476. The third-order valence-electron chi connectivity index (χ3n) is 2.37. The summed E-state index contributed by atoms with van der Waals surface area (Å²) in [5.41, 5.74) is 2.78. The number of nitrogens with one attached hydrogen (secondary N) is 2. The molecule has 0 atom stereocenters. The van der Waals surface area contributed by atoms with Gasteiger partial charge in [-0.15, -0.1) is 0 Å². The van der Waals surface area contributed by atoms with E-state index >= 15 is 0 Å². The molecule has 1 aromatic heterocycles. The van der Waals surface area contributed by atoms with Gasteiger partial charge in [0.2, 0.25) is 0 Å². The van der Waals surface area contributed by atoms with Crippen LogP contribution in [-0.4, -0.2) is 17.7 Å². The van der Waals surface area contributed by atoms with Gasteiger partial charge in [-0.2, -0.15) is 0 Å². The molecule has 0 bridgehead atoms. The zero-order chi connectivity index (χ0) is 12.3. The number of aryl methyl sites for hydroxylation is 1. The lowest BCUT2D eigenvalue weighted by Gasteiger charge is -2.06. The van der Waals surface area contributed by atoms with Crippen LogP contribution in [0, 0.1) is 6.92 Å². The highest BCUT2D eigenvalue weighted by atomic mass is 16.5. The monoisotopic (exact) mass is 230 g/mol. The van der Waals surface area contributed by atoms with Crippen molar-refractivity contribution < 1.29 is 9.53 Å². The summed E-state index contributed by atoms with van der Waals surface area (Å²) in [6.45, 7) is 5.66. The van der Waals surface area contributed by atoms with Gasteiger partial charge in [-0.25, -0.2) is 4.79 Å². The minimum absolute atomic E-state index is 0.202. The maximum Gasteiger partial charge on any atom is 0.411 e. The lowest BCUT2D eigenvalue weighted by Crippen LogP contribution is -2.13. The number of carbonyl (C=O) groups is 1. The van der Waals surface area contributed by atoms with Gasteiger partial charge in [-0.1, -0.05) is 18.7 Å². The number of aromatic nitrogens is 1. The van der Waals surface area contributed by atoms with Crippen molar-refractivity contribution >= 4 is 22.7 Å². The van der Waals surface area contributed by atoms with Crippen molar-refractivity contribution in [2.45, 2.75) is 6.92 Å². The minimum Gasteiger partial charge on any atom is -0.445 e. The molecule has 88 valence electrons. The number of amides is 1. The normalized spacial score (nSPS) is 10.2. The van der Waals surface area contributed by atoms with Crippen LogP contribution in [0.2, 0.25) is 0 Å². The molecule has 2 aromatic rings. The Bertz CT molecular complexity index is 558. The molecule has 4 nitrogen and oxygen atoms in total. The lowest BCUT2D eigenvalue weighted by molar-refractivity contribution is 0.174. The highest BCUT2D eigenvalue weighted by Crippen LogP contribution is 2.24. The van der Waals surface area contributed by atoms with Crippen LogP contribution < -0.4 is 5.32 Å². The van der Waals surface area contributed by atoms with Crippen LogP contribution in [0.25, 0.3) is 10.9 Å². The van der Waals surface area contributed by atoms with Gasteiger partial charge >= 0.3 is 6.09 Å². The fourth-order valence-electron chi connectivity index (χ4n) is 1.68. The van der Waals surface area contributed by atoms with E-state index in [2.05, 4.69) is 16.9 Å². The molecule has 0 fully saturated rings. The molecule has 0 aliphatic carbocycles. The van der Waals surface area contributed by atoms with Crippen molar-refractivity contribution in [2.24, 2.45) is 0 Å². The quantitative estimate of drug-likeness (QED) is 0.795. The second-order valence-electron chi connectivity index (χ2n) is 3.73. The highest BCUT2D eigenvalue weighted by Gasteiger charge is 2.07. The first-order valence-electron chi connectivity index (χ1n) is 5.33. The molecule has 4 heteroatoms. The first-order valence-corrected chi connectivity index (χ1v) is 5.33. The number of anilines is 1. The third kappa shape index (κ3) is 2.47. The highest BCUT2D eigenvalue weighted by molar-refractivity contribution is 5.99. The van der Waals surface area contributed by atoms with Crippen LogP contribution in [0.4, 0.5) is 10.5 Å². The zero-order valence-electron chi connectivity index (χ0n) is 9.62. The fraction of sp³-hybridized carbons (Fsp3) is 0.154. The van der Waals surface area contributed by atoms with Gasteiger partial charge in [0.05, 0.1) is 5.69 Å². The standard InChI is InChI=1S/C13H14N2O2/c1-3-7-17-13(16)15-12-6-4-5-11-10(12)8-9(2)14-11/h3-6,8,14H,1,7H2,2H3,(H,15,16). The third-order valence-corrected chi connectivity index (χ3v) is 2.37. The number of hydrogen-bond acceptors (Lipinski definition) is 2. The summed E-state index contributed by atoms with van der Waals surface area (Å²) in [6.07, 6.45) is 1.05. The summed E-state index contributed by atoms with van der Waals surface area (Å²) >= 11 is 0. The van der Waals surface area contributed by atoms with Gasteiger partial charge in [0.25, 0.3) is 0 Å². The van der Waals surface area contributed by atoms with Crippen LogP contribution in [0.15, 0.2) is 36.9 Å². The largest absolute Gasteiger partial charge is 0.445 e. The Balaban J connectivity index is 2.23. The van der Waals surface area contributed by atoms with Crippen molar-refractivity contribution in [3.05, 3.63) is 42.6 Å². The maximum absolute atomic E-state index is 11.4. The second-order valence-corrected chi connectivity index (χ2v) is 3.73. The topological polar surface area (TPSA) is 54.1 Å². The van der Waals surface area contributed by atoms with Crippen molar-refractivity contribution in [2.75, 3.05) is 11.9 Å². The Morgan fingerprint density at radius 1 is 1.59 bits per heavy atom. The van der Waals surface area contributed by atoms with Crippen molar-refractivity contribution in [3.8, 4) is 0 Å². The zero-order valence-corrected chi connectivity index (χ0v) is 9.62. The molecule has 0 spiro atoms. The van der Waals surface area contributed by atoms with Gasteiger partial charge in [0, 0.05) is 16.6 Å². The van der Waals surface area contributed by atoms with Crippen molar-refractivity contribution in [3.63, 3.8) is 0 Å². The first-order chi connectivity index (χ1) is 8.20. The molecule has 0 aliphatic rings. The Labute approximate surface area is 99.3 Å². The van der Waals surface area contributed by atoms with E-state index in [9.17, 15) is 4.79 Å². The molecular weight excluding hydrogens is 216 g/mol. The van der Waals surface area contributed by atoms with E-state index < -0.39 is 6.09 Å². The molecule has 0 saturated carbocycles. The molecule has 1 aromatic carbocycles. The average molecular weight is 230 g/mol. The van der Waals surface area contributed by atoms with E-state index in [0.717, 1.165) is 22.3 Å². The Morgan fingerprint density at radius 2 is 2.41 bits per heavy atom. The van der Waals surface area contributed by atoms with Gasteiger partial charge in [0.15, 0.2) is 0 Å². The van der Waals surface area contributed by atoms with Crippen molar-refractivity contribution in [1.29, 1.82) is 0 Å². The molecule has 2 N–H and O–H groups in total. The van der Waals surface area contributed by atoms with E-state index in [1.54, 1.807) is 0 Å². The Hall–Kier alpha value is -2.23. The van der Waals surface area contributed by atoms with Gasteiger partial charge in [-0.05, 0) is 25.1 Å². The maximum atomic E-state index is 11.4. The fourth-order valence-corrected chi connectivity index (χ4v) is 1.68. The number of fused-ring (bicyclic) bond motifs is 1. The number of carbonyl (C=O) groups excluding carboxylic acids is 1. The summed E-state index contributed by atoms with van der Waals surface area (Å²) < 4.78 is 4.87. The number of ether oxygens (including phenoxy) is 1. The number of benzene rings is 1. The summed E-state index contributed by atoms with van der Waals surface area (Å²) in [4.78, 5) is 14.6. The van der Waals surface area contributed by atoms with Gasteiger partial charge in [-0.3, -0.25) is 5.32 Å². The first kappa shape index (κ1) is 11.3. The van der Waals surface area contributed by atoms with E-state index in [1.165, 1.54) is 6.08 Å². The molecule has 0 aliphatic heterocycles. The molecule has 0 unspecified atom stereocenters. The predicted molar refractivity (Wildman–Crippen MR) is 68.2 cm³/mol. The predicted octanol–water partition coefficient (Wildman–Crippen LogP) is 3.21. The molecule has 1 amide bonds. The molecule has 0 radical (unpaired) electrons. The molecular formula is C13H14N2O2. The van der Waals surface area contributed by atoms with Gasteiger partial charge in [0.1, 0.15) is 6.61 Å². The number of H-pyrrole nitrogens is 1. The van der Waals surface area contributed by atoms with E-state index in [0.29, 0.717) is 0 Å². The van der Waals surface area contributed by atoms with E-state index in [-0.39, 0.29) is 6.61 Å². The summed E-state index contributed by atoms with van der Waals surface area (Å²) in [5.74, 6) is 0. The number of hydrogen-bond donors (Lipinski definition) is 2. The summed E-state index contributed by atoms with van der Waals surface area (Å²) in [6, 6.07) is 7.66. The molecule has 0 saturated heterocycles. The van der Waals surface area contributed by atoms with Crippen LogP contribution in [0.5, 0.6) is 0 Å². The average Bonchev–Trinajstić information content (AvgIpc) is 2.68. The molecule has 1 heterocycles. The van der Waals surface area contributed by atoms with Gasteiger partial charge < -0.3 is 9.72 Å². The van der Waals surface area contributed by atoms with E-state index in [1.807, 2.05) is 31.2 Å². The SMILES string of the molecule is C=CCOC(=O)Nc1cccc2[nH]c(C)cc12. The van der Waals surface area contributed by atoms with Crippen LogP contribution in [0.1, 0.15) is 5.69 Å². The van der Waals surface area contributed by atoms with Crippen LogP contribution in [0.3, 0.4) is 0 Å². The molecule has 2 rings (SSSR count). The summed E-state index contributed by atoms with van der Waals surface area (Å²) in [7, 11) is 0.